The molecule has 2 unspecified atom stereocenters. The van der Waals surface area contributed by atoms with Crippen LogP contribution in [0.1, 0.15) is 72.1 Å². The van der Waals surface area contributed by atoms with E-state index in [4.69, 9.17) is 0 Å². The molecule has 3 heteroatoms. The largest absolute Gasteiger partial charge is 0.394 e. The Bertz CT molecular complexity index is 241. The van der Waals surface area contributed by atoms with Gasteiger partial charge in [0.25, 0.3) is 0 Å². The topological polar surface area (TPSA) is 35.5 Å². The van der Waals surface area contributed by atoms with E-state index in [2.05, 4.69) is 31.0 Å². The number of aliphatic hydroxyl groups is 1. The zero-order valence-corrected chi connectivity index (χ0v) is 14.0. The maximum absolute atomic E-state index is 9.76. The maximum Gasteiger partial charge on any atom is 0.0613 e. The van der Waals surface area contributed by atoms with Crippen LogP contribution in [-0.4, -0.2) is 47.8 Å². The summed E-state index contributed by atoms with van der Waals surface area (Å²) in [6, 6.07) is 0.742. The molecule has 0 aliphatic carbocycles. The quantitative estimate of drug-likeness (QED) is 0.682. The van der Waals surface area contributed by atoms with Gasteiger partial charge in [-0.3, -0.25) is 0 Å². The molecule has 0 saturated carbocycles. The molecular formula is C17H36N2O. The van der Waals surface area contributed by atoms with Crippen molar-refractivity contribution in [1.82, 2.24) is 10.2 Å². The summed E-state index contributed by atoms with van der Waals surface area (Å²) in [6.45, 7) is 10.5. The Hall–Kier alpha value is -0.120. The Morgan fingerprint density at radius 2 is 2.05 bits per heavy atom. The lowest BCUT2D eigenvalue weighted by molar-refractivity contribution is 0.133. The van der Waals surface area contributed by atoms with Gasteiger partial charge in [-0.25, -0.2) is 0 Å². The second-order valence-electron chi connectivity index (χ2n) is 6.56. The Kier molecular flexibility index (Phi) is 8.74. The summed E-state index contributed by atoms with van der Waals surface area (Å²) < 4.78 is 0. The summed E-state index contributed by atoms with van der Waals surface area (Å²) in [6.07, 6.45) is 9.92. The molecular weight excluding hydrogens is 248 g/mol. The molecule has 0 bridgehead atoms. The van der Waals surface area contributed by atoms with Gasteiger partial charge in [0.15, 0.2) is 0 Å². The minimum absolute atomic E-state index is 0.0505. The van der Waals surface area contributed by atoms with Gasteiger partial charge in [-0.1, -0.05) is 26.7 Å². The molecule has 1 saturated heterocycles. The van der Waals surface area contributed by atoms with Crippen molar-refractivity contribution in [3.8, 4) is 0 Å². The Morgan fingerprint density at radius 1 is 1.25 bits per heavy atom. The van der Waals surface area contributed by atoms with E-state index in [-0.39, 0.29) is 12.1 Å². The van der Waals surface area contributed by atoms with Crippen LogP contribution < -0.4 is 5.32 Å². The van der Waals surface area contributed by atoms with E-state index in [1.165, 1.54) is 45.2 Å². The molecule has 1 rings (SSSR count). The first-order valence-electron chi connectivity index (χ1n) is 8.77. The van der Waals surface area contributed by atoms with Gasteiger partial charge in [-0.15, -0.1) is 0 Å². The normalized spacial score (nSPS) is 24.3. The molecule has 3 nitrogen and oxygen atoms in total. The Labute approximate surface area is 126 Å². The van der Waals surface area contributed by atoms with E-state index in [1.54, 1.807) is 0 Å². The van der Waals surface area contributed by atoms with E-state index in [9.17, 15) is 5.11 Å². The smallest absolute Gasteiger partial charge is 0.0613 e. The maximum atomic E-state index is 9.76. The monoisotopic (exact) mass is 284 g/mol. The van der Waals surface area contributed by atoms with E-state index in [0.717, 1.165) is 31.8 Å². The Morgan fingerprint density at radius 3 is 2.70 bits per heavy atom. The van der Waals surface area contributed by atoms with Gasteiger partial charge >= 0.3 is 0 Å². The fraction of sp³-hybridized carbons (Fsp3) is 1.00. The minimum atomic E-state index is -0.0505. The summed E-state index contributed by atoms with van der Waals surface area (Å²) >= 11 is 0. The van der Waals surface area contributed by atoms with Crippen molar-refractivity contribution in [2.24, 2.45) is 0 Å². The van der Waals surface area contributed by atoms with Gasteiger partial charge in [0.1, 0.15) is 0 Å². The minimum Gasteiger partial charge on any atom is -0.394 e. The van der Waals surface area contributed by atoms with Gasteiger partial charge in [0.05, 0.1) is 6.61 Å². The second-order valence-corrected chi connectivity index (χ2v) is 6.56. The van der Waals surface area contributed by atoms with Crippen LogP contribution in [0.4, 0.5) is 0 Å². The molecule has 0 aromatic carbocycles. The predicted octanol–water partition coefficient (Wildman–Crippen LogP) is 3.17. The molecule has 0 aromatic heterocycles. The lowest BCUT2D eigenvalue weighted by Gasteiger charge is -2.34. The van der Waals surface area contributed by atoms with E-state index in [0.29, 0.717) is 0 Å². The number of rotatable bonds is 9. The van der Waals surface area contributed by atoms with Gasteiger partial charge in [0.2, 0.25) is 0 Å². The van der Waals surface area contributed by atoms with Gasteiger partial charge in [0, 0.05) is 11.6 Å². The fourth-order valence-corrected chi connectivity index (χ4v) is 3.31. The fourth-order valence-electron chi connectivity index (χ4n) is 3.31. The first-order valence-corrected chi connectivity index (χ1v) is 8.77. The van der Waals surface area contributed by atoms with Crippen LogP contribution in [0.15, 0.2) is 0 Å². The lowest BCUT2D eigenvalue weighted by atomic mass is 9.90. The standard InChI is InChI=1S/C17H36N2O/c1-4-12-18-17(5-2,15-20)11-9-14-19-13-8-6-7-10-16(19)3/h16,18,20H,4-15H2,1-3H3. The summed E-state index contributed by atoms with van der Waals surface area (Å²) in [5.74, 6) is 0. The van der Waals surface area contributed by atoms with Crippen LogP contribution in [0, 0.1) is 0 Å². The molecule has 1 aliphatic rings. The first-order chi connectivity index (χ1) is 9.67. The van der Waals surface area contributed by atoms with Crippen LogP contribution in [0.3, 0.4) is 0 Å². The number of nitrogens with zero attached hydrogens (tertiary/aromatic N) is 1. The molecule has 1 aliphatic heterocycles. The van der Waals surface area contributed by atoms with Crippen molar-refractivity contribution in [3.63, 3.8) is 0 Å². The molecule has 2 N–H and O–H groups in total. The molecule has 1 fully saturated rings. The molecule has 2 atom stereocenters. The zero-order chi connectivity index (χ0) is 14.8. The van der Waals surface area contributed by atoms with E-state index >= 15 is 0 Å². The molecule has 0 aromatic rings. The highest BCUT2D eigenvalue weighted by molar-refractivity contribution is 4.86. The van der Waals surface area contributed by atoms with Crippen molar-refractivity contribution >= 4 is 0 Å². The predicted molar refractivity (Wildman–Crippen MR) is 87.1 cm³/mol. The molecule has 1 heterocycles. The van der Waals surface area contributed by atoms with Crippen molar-refractivity contribution in [2.45, 2.75) is 83.7 Å². The third-order valence-electron chi connectivity index (χ3n) is 5.02. The van der Waals surface area contributed by atoms with Crippen molar-refractivity contribution in [2.75, 3.05) is 26.2 Å². The summed E-state index contributed by atoms with van der Waals surface area (Å²) in [5.41, 5.74) is -0.0505. The average Bonchev–Trinajstić information content (AvgIpc) is 2.68. The third kappa shape index (κ3) is 5.71. The van der Waals surface area contributed by atoms with Crippen LogP contribution in [-0.2, 0) is 0 Å². The first kappa shape index (κ1) is 17.9. The average molecular weight is 284 g/mol. The number of nitrogens with one attached hydrogen (secondary N) is 1. The zero-order valence-electron chi connectivity index (χ0n) is 14.0. The van der Waals surface area contributed by atoms with Crippen molar-refractivity contribution in [1.29, 1.82) is 0 Å². The van der Waals surface area contributed by atoms with Gasteiger partial charge in [-0.05, 0) is 65.1 Å². The van der Waals surface area contributed by atoms with Crippen molar-refractivity contribution in [3.05, 3.63) is 0 Å². The van der Waals surface area contributed by atoms with Crippen molar-refractivity contribution < 1.29 is 5.11 Å². The van der Waals surface area contributed by atoms with E-state index < -0.39 is 0 Å². The molecule has 0 amide bonds. The second kappa shape index (κ2) is 9.75. The van der Waals surface area contributed by atoms with Gasteiger partial charge < -0.3 is 15.3 Å². The SMILES string of the molecule is CCCNC(CC)(CO)CCCN1CCCCCC1C. The van der Waals surface area contributed by atoms with Crippen LogP contribution >= 0.6 is 0 Å². The van der Waals surface area contributed by atoms with Crippen LogP contribution in [0.2, 0.25) is 0 Å². The van der Waals surface area contributed by atoms with E-state index in [1.807, 2.05) is 0 Å². The molecule has 20 heavy (non-hydrogen) atoms. The number of likely N-dealkylation sites (tertiary alicyclic amines) is 1. The number of hydrogen-bond donors (Lipinski definition) is 2. The molecule has 0 spiro atoms. The third-order valence-corrected chi connectivity index (χ3v) is 5.02. The summed E-state index contributed by atoms with van der Waals surface area (Å²) in [4.78, 5) is 2.66. The van der Waals surface area contributed by atoms with Crippen LogP contribution in [0.25, 0.3) is 0 Å². The Balaban J connectivity index is 2.38. The van der Waals surface area contributed by atoms with Crippen LogP contribution in [0.5, 0.6) is 0 Å². The summed E-state index contributed by atoms with van der Waals surface area (Å²) in [7, 11) is 0. The summed E-state index contributed by atoms with van der Waals surface area (Å²) in [5, 5.41) is 13.3. The highest BCUT2D eigenvalue weighted by atomic mass is 16.3. The van der Waals surface area contributed by atoms with Gasteiger partial charge in [-0.2, -0.15) is 0 Å². The molecule has 120 valence electrons. The molecule has 0 radical (unpaired) electrons. The highest BCUT2D eigenvalue weighted by Gasteiger charge is 2.26. The number of aliphatic hydroxyl groups excluding tert-OH is 1. The lowest BCUT2D eigenvalue weighted by Crippen LogP contribution is -2.49. The highest BCUT2D eigenvalue weighted by Crippen LogP contribution is 2.20. The number of hydrogen-bond acceptors (Lipinski definition) is 3.